The van der Waals surface area contributed by atoms with E-state index in [4.69, 9.17) is 4.74 Å². The Kier molecular flexibility index (Phi) is 4.80. The molecule has 0 amide bonds. The minimum Gasteiger partial charge on any atom is -0.388 e. The molecule has 0 aromatic carbocycles. The zero-order valence-corrected chi connectivity index (χ0v) is 11.2. The zero-order chi connectivity index (χ0) is 12.8. The number of hydrogen-bond donors (Lipinski definition) is 2. The lowest BCUT2D eigenvalue weighted by molar-refractivity contribution is -0.0617. The Labute approximate surface area is 109 Å². The van der Waals surface area contributed by atoms with Gasteiger partial charge in [-0.2, -0.15) is 0 Å². The number of nitrogens with zero attached hydrogens (tertiary/aromatic N) is 1. The Bertz CT molecular complexity index is 356. The standard InChI is InChI=1S/C14H24N2O2/c1-2-6-16-7-3-13(11-16)10-15-12-14(17)4-8-18-9-5-14/h3,7,11,15,17H,2,4-6,8-10,12H2,1H3. The van der Waals surface area contributed by atoms with Crippen molar-refractivity contribution in [1.29, 1.82) is 0 Å². The molecule has 0 aliphatic carbocycles. The fourth-order valence-corrected chi connectivity index (χ4v) is 2.36. The molecule has 0 spiro atoms. The number of aryl methyl sites for hydroxylation is 1. The van der Waals surface area contributed by atoms with Crippen LogP contribution in [-0.4, -0.2) is 35.0 Å². The highest BCUT2D eigenvalue weighted by Crippen LogP contribution is 2.19. The molecule has 0 atom stereocenters. The Balaban J connectivity index is 1.73. The molecular formula is C14H24N2O2. The summed E-state index contributed by atoms with van der Waals surface area (Å²) in [6, 6.07) is 2.14. The Morgan fingerprint density at radius 1 is 1.44 bits per heavy atom. The van der Waals surface area contributed by atoms with Crippen molar-refractivity contribution in [1.82, 2.24) is 9.88 Å². The Morgan fingerprint density at radius 2 is 2.22 bits per heavy atom. The lowest BCUT2D eigenvalue weighted by atomic mass is 9.94. The monoisotopic (exact) mass is 252 g/mol. The minimum absolute atomic E-state index is 0.579. The highest BCUT2D eigenvalue weighted by atomic mass is 16.5. The summed E-state index contributed by atoms with van der Waals surface area (Å²) in [6.45, 7) is 6.06. The van der Waals surface area contributed by atoms with Crippen LogP contribution in [0.15, 0.2) is 18.5 Å². The topological polar surface area (TPSA) is 46.4 Å². The molecule has 1 saturated heterocycles. The van der Waals surface area contributed by atoms with Crippen LogP contribution in [0, 0.1) is 0 Å². The van der Waals surface area contributed by atoms with Crippen LogP contribution >= 0.6 is 0 Å². The van der Waals surface area contributed by atoms with Crippen LogP contribution in [0.1, 0.15) is 31.7 Å². The van der Waals surface area contributed by atoms with E-state index in [2.05, 4.69) is 35.3 Å². The van der Waals surface area contributed by atoms with Crippen molar-refractivity contribution in [3.63, 3.8) is 0 Å². The molecule has 18 heavy (non-hydrogen) atoms. The molecule has 1 aliphatic rings. The number of nitrogens with one attached hydrogen (secondary N) is 1. The SMILES string of the molecule is CCCn1ccc(CNCC2(O)CCOCC2)c1. The van der Waals surface area contributed by atoms with Gasteiger partial charge in [0.25, 0.3) is 0 Å². The molecule has 0 bridgehead atoms. The molecular weight excluding hydrogens is 228 g/mol. The van der Waals surface area contributed by atoms with Crippen molar-refractivity contribution in [3.8, 4) is 0 Å². The van der Waals surface area contributed by atoms with Gasteiger partial charge in [-0.15, -0.1) is 0 Å². The van der Waals surface area contributed by atoms with E-state index < -0.39 is 5.60 Å². The predicted octanol–water partition coefficient (Wildman–Crippen LogP) is 1.53. The third kappa shape index (κ3) is 3.83. The van der Waals surface area contributed by atoms with E-state index in [9.17, 15) is 5.11 Å². The van der Waals surface area contributed by atoms with E-state index in [1.54, 1.807) is 0 Å². The third-order valence-electron chi connectivity index (χ3n) is 3.50. The van der Waals surface area contributed by atoms with E-state index in [1.807, 2.05) is 0 Å². The molecule has 2 rings (SSSR count). The summed E-state index contributed by atoms with van der Waals surface area (Å²) in [7, 11) is 0. The molecule has 2 heterocycles. The molecule has 0 unspecified atom stereocenters. The molecule has 2 N–H and O–H groups in total. The van der Waals surface area contributed by atoms with Crippen LogP contribution in [0.2, 0.25) is 0 Å². The predicted molar refractivity (Wildman–Crippen MR) is 71.4 cm³/mol. The Morgan fingerprint density at radius 3 is 2.94 bits per heavy atom. The lowest BCUT2D eigenvalue weighted by Gasteiger charge is -2.32. The Hall–Kier alpha value is -0.840. The summed E-state index contributed by atoms with van der Waals surface area (Å²) >= 11 is 0. The summed E-state index contributed by atoms with van der Waals surface area (Å²) in [4.78, 5) is 0. The van der Waals surface area contributed by atoms with Crippen LogP contribution in [0.3, 0.4) is 0 Å². The van der Waals surface area contributed by atoms with Gasteiger partial charge in [-0.05, 0) is 18.1 Å². The maximum absolute atomic E-state index is 10.3. The van der Waals surface area contributed by atoms with E-state index in [0.29, 0.717) is 19.8 Å². The van der Waals surface area contributed by atoms with E-state index in [1.165, 1.54) is 5.56 Å². The fourth-order valence-electron chi connectivity index (χ4n) is 2.36. The van der Waals surface area contributed by atoms with Gasteiger partial charge >= 0.3 is 0 Å². The van der Waals surface area contributed by atoms with Gasteiger partial charge < -0.3 is 19.7 Å². The van der Waals surface area contributed by atoms with Crippen LogP contribution in [0.5, 0.6) is 0 Å². The second kappa shape index (κ2) is 6.36. The fraction of sp³-hybridized carbons (Fsp3) is 0.714. The second-order valence-electron chi connectivity index (χ2n) is 5.20. The molecule has 1 fully saturated rings. The van der Waals surface area contributed by atoms with E-state index >= 15 is 0 Å². The van der Waals surface area contributed by atoms with Crippen molar-refractivity contribution >= 4 is 0 Å². The van der Waals surface area contributed by atoms with Gasteiger partial charge in [-0.25, -0.2) is 0 Å². The summed E-state index contributed by atoms with van der Waals surface area (Å²) < 4.78 is 7.48. The highest BCUT2D eigenvalue weighted by molar-refractivity contribution is 5.10. The van der Waals surface area contributed by atoms with Gasteiger partial charge in [0.05, 0.1) is 5.60 Å². The smallest absolute Gasteiger partial charge is 0.0815 e. The van der Waals surface area contributed by atoms with E-state index in [-0.39, 0.29) is 0 Å². The molecule has 0 saturated carbocycles. The molecule has 1 aliphatic heterocycles. The summed E-state index contributed by atoms with van der Waals surface area (Å²) in [6.07, 6.45) is 6.91. The van der Waals surface area contributed by atoms with Crippen LogP contribution in [-0.2, 0) is 17.8 Å². The van der Waals surface area contributed by atoms with Gasteiger partial charge in [0.1, 0.15) is 0 Å². The first-order valence-corrected chi connectivity index (χ1v) is 6.87. The largest absolute Gasteiger partial charge is 0.388 e. The quantitative estimate of drug-likeness (QED) is 0.807. The maximum Gasteiger partial charge on any atom is 0.0815 e. The van der Waals surface area contributed by atoms with Crippen molar-refractivity contribution in [2.24, 2.45) is 0 Å². The summed E-state index contributed by atoms with van der Waals surface area (Å²) in [5.41, 5.74) is 0.698. The molecule has 0 radical (unpaired) electrons. The first-order chi connectivity index (χ1) is 8.72. The van der Waals surface area contributed by atoms with Crippen LogP contribution < -0.4 is 5.32 Å². The number of ether oxygens (including phenoxy) is 1. The van der Waals surface area contributed by atoms with Crippen molar-refractivity contribution in [3.05, 3.63) is 24.0 Å². The molecule has 102 valence electrons. The van der Waals surface area contributed by atoms with Gasteiger partial charge in [0.15, 0.2) is 0 Å². The molecule has 4 heteroatoms. The second-order valence-corrected chi connectivity index (χ2v) is 5.20. The van der Waals surface area contributed by atoms with E-state index in [0.717, 1.165) is 32.4 Å². The number of hydrogen-bond acceptors (Lipinski definition) is 3. The zero-order valence-electron chi connectivity index (χ0n) is 11.2. The average molecular weight is 252 g/mol. The van der Waals surface area contributed by atoms with Crippen molar-refractivity contribution in [2.75, 3.05) is 19.8 Å². The minimum atomic E-state index is -0.579. The average Bonchev–Trinajstić information content (AvgIpc) is 2.78. The molecule has 4 nitrogen and oxygen atoms in total. The van der Waals surface area contributed by atoms with Crippen LogP contribution in [0.25, 0.3) is 0 Å². The van der Waals surface area contributed by atoms with Gasteiger partial charge in [-0.3, -0.25) is 0 Å². The summed E-state index contributed by atoms with van der Waals surface area (Å²) in [5.74, 6) is 0. The van der Waals surface area contributed by atoms with Crippen molar-refractivity contribution in [2.45, 2.75) is 44.9 Å². The van der Waals surface area contributed by atoms with Crippen molar-refractivity contribution < 1.29 is 9.84 Å². The maximum atomic E-state index is 10.3. The number of aliphatic hydroxyl groups is 1. The molecule has 1 aromatic heterocycles. The first kappa shape index (κ1) is 13.6. The van der Waals surface area contributed by atoms with Gasteiger partial charge in [-0.1, -0.05) is 6.92 Å². The number of aromatic nitrogens is 1. The third-order valence-corrected chi connectivity index (χ3v) is 3.50. The first-order valence-electron chi connectivity index (χ1n) is 6.87. The molecule has 1 aromatic rings. The van der Waals surface area contributed by atoms with Gasteiger partial charge in [0, 0.05) is 58.1 Å². The normalized spacial score (nSPS) is 19.0. The number of rotatable bonds is 6. The highest BCUT2D eigenvalue weighted by Gasteiger charge is 2.28. The lowest BCUT2D eigenvalue weighted by Crippen LogP contribution is -2.44. The van der Waals surface area contributed by atoms with Gasteiger partial charge in [0.2, 0.25) is 0 Å². The van der Waals surface area contributed by atoms with Crippen LogP contribution in [0.4, 0.5) is 0 Å². The summed E-state index contributed by atoms with van der Waals surface area (Å²) in [5, 5.41) is 13.6.